The Morgan fingerprint density at radius 1 is 1.00 bits per heavy atom. The fourth-order valence-corrected chi connectivity index (χ4v) is 3.80. The topological polar surface area (TPSA) is 29.1 Å². The Morgan fingerprint density at radius 3 is 2.37 bits per heavy atom. The molecule has 2 nitrogen and oxygen atoms in total. The molecule has 0 unspecified atom stereocenters. The highest BCUT2D eigenvalue weighted by molar-refractivity contribution is 5.88. The molecule has 0 aliphatic heterocycles. The van der Waals surface area contributed by atoms with Crippen LogP contribution in [0.3, 0.4) is 0 Å². The van der Waals surface area contributed by atoms with E-state index in [2.05, 4.69) is 5.32 Å². The number of hydrogen-bond donors (Lipinski definition) is 1. The smallest absolute Gasteiger partial charge is 0.351 e. The fourth-order valence-electron chi connectivity index (χ4n) is 3.80. The lowest BCUT2D eigenvalue weighted by Crippen LogP contribution is -2.45. The molecule has 0 atom stereocenters. The minimum atomic E-state index is -4.42. The second-order valence-electron chi connectivity index (χ2n) is 7.03. The maximum Gasteiger partial charge on any atom is 0.416 e. The minimum absolute atomic E-state index is 0.000180. The van der Waals surface area contributed by atoms with Gasteiger partial charge < -0.3 is 5.32 Å². The zero-order valence-electron chi connectivity index (χ0n) is 14.8. The van der Waals surface area contributed by atoms with Crippen LogP contribution in [-0.4, -0.2) is 5.91 Å². The van der Waals surface area contributed by atoms with Crippen LogP contribution < -0.4 is 5.32 Å². The van der Waals surface area contributed by atoms with Crippen molar-refractivity contribution < 1.29 is 22.4 Å². The zero-order valence-corrected chi connectivity index (χ0v) is 14.8. The average Bonchev–Trinajstić information content (AvgIpc) is 2.66. The van der Waals surface area contributed by atoms with Crippen LogP contribution in [0, 0.1) is 5.82 Å². The summed E-state index contributed by atoms with van der Waals surface area (Å²) in [4.78, 5) is 13.0. The normalized spacial score (nSPS) is 16.7. The molecule has 6 heteroatoms. The highest BCUT2D eigenvalue weighted by Crippen LogP contribution is 2.40. The van der Waals surface area contributed by atoms with Crippen molar-refractivity contribution in [1.82, 2.24) is 5.32 Å². The van der Waals surface area contributed by atoms with E-state index >= 15 is 0 Å². The van der Waals surface area contributed by atoms with Crippen LogP contribution in [-0.2, 0) is 22.9 Å². The van der Waals surface area contributed by atoms with Gasteiger partial charge in [-0.1, -0.05) is 43.5 Å². The van der Waals surface area contributed by atoms with Crippen molar-refractivity contribution in [2.24, 2.45) is 0 Å². The predicted octanol–water partition coefficient (Wildman–Crippen LogP) is 5.36. The van der Waals surface area contributed by atoms with Crippen molar-refractivity contribution in [2.45, 2.75) is 50.2 Å². The van der Waals surface area contributed by atoms with Crippen molar-refractivity contribution in [3.05, 3.63) is 71.0 Å². The van der Waals surface area contributed by atoms with Gasteiger partial charge in [0.1, 0.15) is 5.82 Å². The highest BCUT2D eigenvalue weighted by atomic mass is 19.4. The molecular weight excluding hydrogens is 358 g/mol. The van der Waals surface area contributed by atoms with Crippen LogP contribution in [0.5, 0.6) is 0 Å². The van der Waals surface area contributed by atoms with Gasteiger partial charge in [0.25, 0.3) is 0 Å². The molecule has 1 N–H and O–H groups in total. The number of carbonyl (C=O) groups excluding carboxylic acids is 1. The number of benzene rings is 2. The first-order chi connectivity index (χ1) is 12.8. The summed E-state index contributed by atoms with van der Waals surface area (Å²) in [5.41, 5.74) is -0.569. The van der Waals surface area contributed by atoms with Gasteiger partial charge in [0.2, 0.25) is 5.91 Å². The van der Waals surface area contributed by atoms with Gasteiger partial charge in [-0.25, -0.2) is 4.39 Å². The Morgan fingerprint density at radius 2 is 1.70 bits per heavy atom. The first-order valence-corrected chi connectivity index (χ1v) is 9.02. The van der Waals surface area contributed by atoms with Gasteiger partial charge in [-0.2, -0.15) is 13.2 Å². The molecule has 2 aromatic rings. The number of nitrogens with one attached hydrogen (secondary N) is 1. The Bertz CT molecular complexity index is 810. The predicted molar refractivity (Wildman–Crippen MR) is 94.5 cm³/mol. The third-order valence-electron chi connectivity index (χ3n) is 5.23. The summed E-state index contributed by atoms with van der Waals surface area (Å²) in [6.07, 6.45) is -0.499. The second kappa shape index (κ2) is 7.71. The molecule has 2 aromatic carbocycles. The van der Waals surface area contributed by atoms with E-state index in [1.165, 1.54) is 18.2 Å². The summed E-state index contributed by atoms with van der Waals surface area (Å²) in [5.74, 6) is -0.659. The van der Waals surface area contributed by atoms with E-state index < -0.39 is 23.0 Å². The molecule has 1 amide bonds. The number of carbonyl (C=O) groups is 1. The van der Waals surface area contributed by atoms with Crippen LogP contribution in [0.15, 0.2) is 48.5 Å². The Balaban J connectivity index is 1.80. The quantitative estimate of drug-likeness (QED) is 0.712. The molecule has 1 aliphatic carbocycles. The van der Waals surface area contributed by atoms with Gasteiger partial charge in [-0.15, -0.1) is 0 Å². The fraction of sp³-hybridized carbons (Fsp3) is 0.381. The third-order valence-corrected chi connectivity index (χ3v) is 5.23. The van der Waals surface area contributed by atoms with E-state index in [-0.39, 0.29) is 12.5 Å². The van der Waals surface area contributed by atoms with Crippen molar-refractivity contribution in [2.75, 3.05) is 0 Å². The monoisotopic (exact) mass is 379 g/mol. The second-order valence-corrected chi connectivity index (χ2v) is 7.03. The molecule has 144 valence electrons. The first kappa shape index (κ1) is 19.4. The summed E-state index contributed by atoms with van der Waals surface area (Å²) in [6.45, 7) is -0.000180. The third kappa shape index (κ3) is 4.31. The molecule has 3 rings (SSSR count). The number of halogens is 4. The summed E-state index contributed by atoms with van der Waals surface area (Å²) in [6, 6.07) is 11.0. The first-order valence-electron chi connectivity index (χ1n) is 9.02. The van der Waals surface area contributed by atoms with Crippen molar-refractivity contribution in [3.63, 3.8) is 0 Å². The van der Waals surface area contributed by atoms with Gasteiger partial charge in [0.05, 0.1) is 11.0 Å². The van der Waals surface area contributed by atoms with E-state index in [0.717, 1.165) is 31.4 Å². The van der Waals surface area contributed by atoms with E-state index in [4.69, 9.17) is 0 Å². The lowest BCUT2D eigenvalue weighted by molar-refractivity contribution is -0.137. The summed E-state index contributed by atoms with van der Waals surface area (Å²) < 4.78 is 52.3. The summed E-state index contributed by atoms with van der Waals surface area (Å²) >= 11 is 0. The molecule has 0 spiro atoms. The van der Waals surface area contributed by atoms with Crippen molar-refractivity contribution >= 4 is 5.91 Å². The standard InChI is InChI=1S/C21H21F4NO/c22-18-9-5-7-16(13-18)20(10-2-1-3-11-20)19(27)26-14-15-6-4-8-17(12-15)21(23,24)25/h4-9,12-13H,1-3,10-11,14H2,(H,26,27). The molecule has 0 bridgehead atoms. The average molecular weight is 379 g/mol. The molecular formula is C21H21F4NO. The van der Waals surface area contributed by atoms with Gasteiger partial charge in [-0.05, 0) is 48.2 Å². The van der Waals surface area contributed by atoms with Gasteiger partial charge in [0, 0.05) is 6.54 Å². The van der Waals surface area contributed by atoms with E-state index in [9.17, 15) is 22.4 Å². The van der Waals surface area contributed by atoms with Crippen molar-refractivity contribution in [3.8, 4) is 0 Å². The van der Waals surface area contributed by atoms with Crippen LogP contribution in [0.4, 0.5) is 17.6 Å². The number of hydrogen-bond acceptors (Lipinski definition) is 1. The van der Waals surface area contributed by atoms with E-state index in [0.29, 0.717) is 24.0 Å². The number of amides is 1. The Labute approximate surface area is 155 Å². The van der Waals surface area contributed by atoms with Crippen LogP contribution in [0.25, 0.3) is 0 Å². The largest absolute Gasteiger partial charge is 0.416 e. The summed E-state index contributed by atoms with van der Waals surface area (Å²) in [5, 5.41) is 2.78. The molecule has 27 heavy (non-hydrogen) atoms. The lowest BCUT2D eigenvalue weighted by Gasteiger charge is -2.36. The maximum atomic E-state index is 13.7. The Kier molecular flexibility index (Phi) is 5.53. The Hall–Kier alpha value is -2.37. The van der Waals surface area contributed by atoms with E-state index in [1.807, 2.05) is 0 Å². The highest BCUT2D eigenvalue weighted by Gasteiger charge is 2.41. The molecule has 0 aromatic heterocycles. The maximum absolute atomic E-state index is 13.7. The molecule has 0 radical (unpaired) electrons. The molecule has 1 aliphatic rings. The van der Waals surface area contributed by atoms with Gasteiger partial charge in [-0.3, -0.25) is 4.79 Å². The molecule has 0 heterocycles. The van der Waals surface area contributed by atoms with Crippen LogP contribution in [0.2, 0.25) is 0 Å². The lowest BCUT2D eigenvalue weighted by atomic mass is 9.68. The minimum Gasteiger partial charge on any atom is -0.351 e. The van der Waals surface area contributed by atoms with E-state index in [1.54, 1.807) is 18.2 Å². The van der Waals surface area contributed by atoms with Gasteiger partial charge >= 0.3 is 6.18 Å². The number of alkyl halides is 3. The number of rotatable bonds is 4. The molecule has 1 saturated carbocycles. The van der Waals surface area contributed by atoms with Crippen molar-refractivity contribution in [1.29, 1.82) is 0 Å². The zero-order chi connectivity index (χ0) is 19.5. The van der Waals surface area contributed by atoms with Crippen LogP contribution >= 0.6 is 0 Å². The SMILES string of the molecule is O=C(NCc1cccc(C(F)(F)F)c1)C1(c2cccc(F)c2)CCCCC1. The summed E-state index contributed by atoms with van der Waals surface area (Å²) in [7, 11) is 0. The van der Waals surface area contributed by atoms with Gasteiger partial charge in [0.15, 0.2) is 0 Å². The van der Waals surface area contributed by atoms with Crippen LogP contribution in [0.1, 0.15) is 48.8 Å². The molecule has 1 fully saturated rings. The molecule has 0 saturated heterocycles.